The number of carboxylic acids is 1. The van der Waals surface area contributed by atoms with E-state index in [4.69, 9.17) is 5.11 Å². The maximum Gasteiger partial charge on any atom is 0.341 e. The number of thiophene rings is 1. The second-order valence-corrected chi connectivity index (χ2v) is 4.53. The number of hydrogen-bond donors (Lipinski definition) is 1. The number of rotatable bonds is 3. The molecule has 0 aliphatic heterocycles. The van der Waals surface area contributed by atoms with Crippen LogP contribution >= 0.6 is 11.3 Å². The third-order valence-corrected chi connectivity index (χ3v) is 3.61. The number of nitrogens with zero attached hydrogens (tertiary/aromatic N) is 2. The van der Waals surface area contributed by atoms with Gasteiger partial charge in [-0.05, 0) is 18.3 Å². The smallest absolute Gasteiger partial charge is 0.341 e. The largest absolute Gasteiger partial charge is 0.477 e. The molecule has 18 heavy (non-hydrogen) atoms. The average molecular weight is 268 g/mol. The van der Waals surface area contributed by atoms with E-state index < -0.39 is 16.3 Å². The standard InChI is InChI=1S/C10H8N2O5S/c1-2-11-4-6(10(14)15)8(13)5-3-7(12(16)17)18-9(5)11/h3-4H,2H2,1H3,(H,14,15). The van der Waals surface area contributed by atoms with Crippen molar-refractivity contribution in [1.29, 1.82) is 0 Å². The zero-order valence-electron chi connectivity index (χ0n) is 9.24. The van der Waals surface area contributed by atoms with Crippen LogP contribution in [0.25, 0.3) is 10.2 Å². The highest BCUT2D eigenvalue weighted by Gasteiger charge is 2.20. The number of carboxylic acid groups (broad SMARTS) is 1. The van der Waals surface area contributed by atoms with Crippen LogP contribution in [0.5, 0.6) is 0 Å². The highest BCUT2D eigenvalue weighted by atomic mass is 32.1. The molecular formula is C10H8N2O5S. The average Bonchev–Trinajstić information content (AvgIpc) is 2.74. The minimum Gasteiger partial charge on any atom is -0.477 e. The van der Waals surface area contributed by atoms with Gasteiger partial charge < -0.3 is 9.67 Å². The summed E-state index contributed by atoms with van der Waals surface area (Å²) >= 11 is 0.862. The highest BCUT2D eigenvalue weighted by molar-refractivity contribution is 7.21. The van der Waals surface area contributed by atoms with E-state index in [1.165, 1.54) is 10.8 Å². The molecule has 0 fully saturated rings. The van der Waals surface area contributed by atoms with Crippen LogP contribution in [0.3, 0.4) is 0 Å². The van der Waals surface area contributed by atoms with Gasteiger partial charge in [-0.25, -0.2) is 4.79 Å². The predicted molar refractivity (Wildman–Crippen MR) is 65.4 cm³/mol. The Bertz CT molecular complexity index is 715. The summed E-state index contributed by atoms with van der Waals surface area (Å²) in [4.78, 5) is 33.3. The van der Waals surface area contributed by atoms with E-state index in [1.54, 1.807) is 6.92 Å². The lowest BCUT2D eigenvalue weighted by Gasteiger charge is -2.05. The molecule has 0 unspecified atom stereocenters. The second-order valence-electron chi connectivity index (χ2n) is 3.52. The summed E-state index contributed by atoms with van der Waals surface area (Å²) in [6, 6.07) is 1.13. The maximum atomic E-state index is 11.9. The van der Waals surface area contributed by atoms with E-state index >= 15 is 0 Å². The van der Waals surface area contributed by atoms with Gasteiger partial charge in [0.25, 0.3) is 0 Å². The minimum atomic E-state index is -1.34. The molecule has 2 heterocycles. The zero-order valence-corrected chi connectivity index (χ0v) is 10.1. The lowest BCUT2D eigenvalue weighted by atomic mass is 10.2. The van der Waals surface area contributed by atoms with E-state index in [9.17, 15) is 19.7 Å². The Morgan fingerprint density at radius 1 is 1.61 bits per heavy atom. The van der Waals surface area contributed by atoms with Crippen LogP contribution in [-0.4, -0.2) is 20.6 Å². The summed E-state index contributed by atoms with van der Waals surface area (Å²) in [7, 11) is 0. The van der Waals surface area contributed by atoms with E-state index in [0.29, 0.717) is 11.4 Å². The van der Waals surface area contributed by atoms with Gasteiger partial charge in [-0.15, -0.1) is 0 Å². The van der Waals surface area contributed by atoms with Gasteiger partial charge in [0, 0.05) is 18.8 Å². The fourth-order valence-electron chi connectivity index (χ4n) is 1.64. The molecule has 0 spiro atoms. The normalized spacial score (nSPS) is 10.7. The quantitative estimate of drug-likeness (QED) is 0.674. The minimum absolute atomic E-state index is 0.0773. The summed E-state index contributed by atoms with van der Waals surface area (Å²) in [5.74, 6) is -1.34. The summed E-state index contributed by atoms with van der Waals surface area (Å²) < 4.78 is 1.53. The Hall–Kier alpha value is -2.22. The van der Waals surface area contributed by atoms with E-state index in [0.717, 1.165) is 17.4 Å². The summed E-state index contributed by atoms with van der Waals surface area (Å²) in [5.41, 5.74) is -1.07. The van der Waals surface area contributed by atoms with E-state index in [1.807, 2.05) is 0 Å². The zero-order chi connectivity index (χ0) is 13.4. The van der Waals surface area contributed by atoms with Crippen LogP contribution in [0, 0.1) is 10.1 Å². The van der Waals surface area contributed by atoms with Crippen LogP contribution in [0.2, 0.25) is 0 Å². The molecule has 8 heteroatoms. The number of hydrogen-bond acceptors (Lipinski definition) is 5. The molecular weight excluding hydrogens is 260 g/mol. The monoisotopic (exact) mass is 268 g/mol. The third kappa shape index (κ3) is 1.76. The molecule has 0 radical (unpaired) electrons. The predicted octanol–water partition coefficient (Wildman–Crippen LogP) is 1.69. The molecule has 1 N–H and O–H groups in total. The number of aryl methyl sites for hydroxylation is 1. The van der Waals surface area contributed by atoms with Gasteiger partial charge in [0.1, 0.15) is 10.4 Å². The Kier molecular flexibility index (Phi) is 2.87. The van der Waals surface area contributed by atoms with Gasteiger partial charge in [0.2, 0.25) is 5.43 Å². The summed E-state index contributed by atoms with van der Waals surface area (Å²) in [5, 5.41) is 19.5. The molecule has 0 saturated carbocycles. The molecule has 94 valence electrons. The molecule has 2 rings (SSSR count). The van der Waals surface area contributed by atoms with Crippen LogP contribution in [0.15, 0.2) is 17.1 Å². The number of pyridine rings is 1. The van der Waals surface area contributed by atoms with Crippen molar-refractivity contribution in [1.82, 2.24) is 4.57 Å². The van der Waals surface area contributed by atoms with Crippen molar-refractivity contribution in [3.8, 4) is 0 Å². The number of fused-ring (bicyclic) bond motifs is 1. The SMILES string of the molecule is CCn1cc(C(=O)O)c(=O)c2cc([N+](=O)[O-])sc21. The molecule has 0 atom stereocenters. The number of nitro groups is 1. The van der Waals surface area contributed by atoms with Gasteiger partial charge in [0.15, 0.2) is 0 Å². The van der Waals surface area contributed by atoms with Gasteiger partial charge in [0.05, 0.1) is 10.3 Å². The topological polar surface area (TPSA) is 102 Å². The van der Waals surface area contributed by atoms with Crippen LogP contribution in [0.1, 0.15) is 17.3 Å². The summed E-state index contributed by atoms with van der Waals surface area (Å²) in [6.45, 7) is 2.19. The van der Waals surface area contributed by atoms with Gasteiger partial charge in [-0.3, -0.25) is 14.9 Å². The van der Waals surface area contributed by atoms with Gasteiger partial charge >= 0.3 is 11.0 Å². The van der Waals surface area contributed by atoms with Crippen molar-refractivity contribution >= 4 is 32.5 Å². The van der Waals surface area contributed by atoms with Crippen molar-refractivity contribution in [2.75, 3.05) is 0 Å². The molecule has 0 amide bonds. The Morgan fingerprint density at radius 2 is 2.28 bits per heavy atom. The second kappa shape index (κ2) is 4.22. The van der Waals surface area contributed by atoms with E-state index in [-0.39, 0.29) is 16.0 Å². The first-order valence-corrected chi connectivity index (χ1v) is 5.82. The van der Waals surface area contributed by atoms with Crippen molar-refractivity contribution in [3.05, 3.63) is 38.2 Å². The van der Waals surface area contributed by atoms with Crippen molar-refractivity contribution < 1.29 is 14.8 Å². The molecule has 0 bridgehead atoms. The molecule has 0 aromatic carbocycles. The summed E-state index contributed by atoms with van der Waals surface area (Å²) in [6.07, 6.45) is 1.22. The van der Waals surface area contributed by atoms with Gasteiger partial charge in [-0.2, -0.15) is 0 Å². The maximum absolute atomic E-state index is 11.9. The Labute approximate surface area is 104 Å². The molecule has 2 aromatic heterocycles. The lowest BCUT2D eigenvalue weighted by molar-refractivity contribution is -0.380. The first-order valence-electron chi connectivity index (χ1n) is 5.00. The Morgan fingerprint density at radius 3 is 2.78 bits per heavy atom. The molecule has 2 aromatic rings. The van der Waals surface area contributed by atoms with Gasteiger partial charge in [-0.1, -0.05) is 0 Å². The first-order chi connectivity index (χ1) is 8.45. The highest BCUT2D eigenvalue weighted by Crippen LogP contribution is 2.29. The Balaban J connectivity index is 2.90. The molecule has 7 nitrogen and oxygen atoms in total. The van der Waals surface area contributed by atoms with Crippen LogP contribution in [-0.2, 0) is 6.54 Å². The molecule has 0 aliphatic carbocycles. The molecule has 0 aliphatic rings. The number of aromatic carboxylic acids is 1. The third-order valence-electron chi connectivity index (χ3n) is 2.49. The van der Waals surface area contributed by atoms with Crippen LogP contribution in [0.4, 0.5) is 5.00 Å². The van der Waals surface area contributed by atoms with Crippen molar-refractivity contribution in [2.45, 2.75) is 13.5 Å². The van der Waals surface area contributed by atoms with Crippen molar-refractivity contribution in [3.63, 3.8) is 0 Å². The number of aromatic nitrogens is 1. The fourth-order valence-corrected chi connectivity index (χ4v) is 2.65. The van der Waals surface area contributed by atoms with Crippen LogP contribution < -0.4 is 5.43 Å². The fraction of sp³-hybridized carbons (Fsp3) is 0.200. The first kappa shape index (κ1) is 12.2. The van der Waals surface area contributed by atoms with E-state index in [2.05, 4.69) is 0 Å². The molecule has 0 saturated heterocycles. The van der Waals surface area contributed by atoms with Crippen molar-refractivity contribution in [2.24, 2.45) is 0 Å². The lowest BCUT2D eigenvalue weighted by Crippen LogP contribution is -2.17. The number of carbonyl (C=O) groups is 1.